The number of carbonyl (C=O) groups excluding carboxylic acids is 1. The Labute approximate surface area is 170 Å². The molecule has 1 saturated heterocycles. The first-order valence-corrected chi connectivity index (χ1v) is 11.3. The molecule has 1 N–H and O–H groups in total. The number of nitrogens with one attached hydrogen (secondary N) is 1. The highest BCUT2D eigenvalue weighted by molar-refractivity contribution is 7.92. The van der Waals surface area contributed by atoms with E-state index in [1.807, 2.05) is 19.1 Å². The molecule has 1 fully saturated rings. The van der Waals surface area contributed by atoms with Crippen LogP contribution in [0.3, 0.4) is 0 Å². The highest BCUT2D eigenvalue weighted by Crippen LogP contribution is 2.35. The zero-order valence-electron chi connectivity index (χ0n) is 16.3. The smallest absolute Gasteiger partial charge is 0.267 e. The molecule has 154 valence electrons. The van der Waals surface area contributed by atoms with Crippen molar-refractivity contribution in [3.63, 3.8) is 0 Å². The van der Waals surface area contributed by atoms with Gasteiger partial charge in [-0.05, 0) is 43.0 Å². The molecule has 0 radical (unpaired) electrons. The van der Waals surface area contributed by atoms with Crippen LogP contribution in [0, 0.1) is 0 Å². The van der Waals surface area contributed by atoms with Crippen molar-refractivity contribution in [2.45, 2.75) is 37.2 Å². The SMILES string of the molecule is CCc1ccccc1NS(=O)(=O)c1ccc2c(c1)OC[C@@H](C(=O)N1CCCC1)O2. The third kappa shape index (κ3) is 4.03. The van der Waals surface area contributed by atoms with E-state index in [4.69, 9.17) is 9.47 Å². The van der Waals surface area contributed by atoms with Crippen molar-refractivity contribution in [2.24, 2.45) is 0 Å². The van der Waals surface area contributed by atoms with E-state index in [-0.39, 0.29) is 17.4 Å². The van der Waals surface area contributed by atoms with E-state index in [9.17, 15) is 13.2 Å². The summed E-state index contributed by atoms with van der Waals surface area (Å²) < 4.78 is 39.8. The molecule has 2 heterocycles. The second-order valence-corrected chi connectivity index (χ2v) is 8.86. The average Bonchev–Trinajstić information content (AvgIpc) is 3.27. The predicted molar refractivity (Wildman–Crippen MR) is 109 cm³/mol. The normalized spacial score (nSPS) is 18.5. The van der Waals surface area contributed by atoms with Crippen LogP contribution in [0.15, 0.2) is 47.4 Å². The number of fused-ring (bicyclic) bond motifs is 1. The molecule has 2 aromatic carbocycles. The van der Waals surface area contributed by atoms with Crippen LogP contribution in [0.5, 0.6) is 11.5 Å². The van der Waals surface area contributed by atoms with E-state index in [2.05, 4.69) is 4.72 Å². The van der Waals surface area contributed by atoms with Gasteiger partial charge in [-0.1, -0.05) is 25.1 Å². The number of ether oxygens (including phenoxy) is 2. The summed E-state index contributed by atoms with van der Waals surface area (Å²) in [6.07, 6.45) is 2.03. The number of aryl methyl sites for hydroxylation is 1. The zero-order chi connectivity index (χ0) is 20.4. The van der Waals surface area contributed by atoms with Gasteiger partial charge < -0.3 is 14.4 Å². The molecule has 0 spiro atoms. The highest BCUT2D eigenvalue weighted by Gasteiger charge is 2.33. The van der Waals surface area contributed by atoms with Gasteiger partial charge in [0.15, 0.2) is 11.5 Å². The number of amides is 1. The number of rotatable bonds is 5. The van der Waals surface area contributed by atoms with Crippen molar-refractivity contribution >= 4 is 21.6 Å². The number of sulfonamides is 1. The lowest BCUT2D eigenvalue weighted by Gasteiger charge is -2.29. The number of likely N-dealkylation sites (tertiary alicyclic amines) is 1. The number of carbonyl (C=O) groups is 1. The van der Waals surface area contributed by atoms with E-state index in [1.54, 1.807) is 23.1 Å². The van der Waals surface area contributed by atoms with E-state index < -0.39 is 16.1 Å². The fourth-order valence-electron chi connectivity index (χ4n) is 3.61. The summed E-state index contributed by atoms with van der Waals surface area (Å²) in [6.45, 7) is 3.52. The average molecular weight is 416 g/mol. The molecule has 0 aliphatic carbocycles. The molecule has 0 bridgehead atoms. The monoisotopic (exact) mass is 416 g/mol. The molecule has 2 aliphatic heterocycles. The number of nitrogens with zero attached hydrogens (tertiary/aromatic N) is 1. The summed E-state index contributed by atoms with van der Waals surface area (Å²) in [4.78, 5) is 14.4. The van der Waals surface area contributed by atoms with Crippen LogP contribution >= 0.6 is 0 Å². The van der Waals surface area contributed by atoms with Crippen molar-refractivity contribution < 1.29 is 22.7 Å². The van der Waals surface area contributed by atoms with E-state index in [0.29, 0.717) is 23.6 Å². The number of benzene rings is 2. The minimum Gasteiger partial charge on any atom is -0.485 e. The van der Waals surface area contributed by atoms with Crippen LogP contribution in [0.2, 0.25) is 0 Å². The summed E-state index contributed by atoms with van der Waals surface area (Å²) >= 11 is 0. The summed E-state index contributed by atoms with van der Waals surface area (Å²) in [7, 11) is -3.78. The van der Waals surface area contributed by atoms with Crippen LogP contribution in [0.25, 0.3) is 0 Å². The van der Waals surface area contributed by atoms with Gasteiger partial charge in [0.05, 0.1) is 10.6 Å². The summed E-state index contributed by atoms with van der Waals surface area (Å²) in [5.74, 6) is 0.617. The Kier molecular flexibility index (Phi) is 5.36. The molecule has 7 nitrogen and oxygen atoms in total. The molecule has 2 aromatic rings. The Bertz CT molecular complexity index is 1020. The van der Waals surface area contributed by atoms with Crippen LogP contribution < -0.4 is 14.2 Å². The maximum Gasteiger partial charge on any atom is 0.267 e. The maximum absolute atomic E-state index is 12.8. The van der Waals surface area contributed by atoms with Crippen LogP contribution in [-0.2, 0) is 21.2 Å². The molecule has 0 aromatic heterocycles. The van der Waals surface area contributed by atoms with Crippen LogP contribution in [-0.4, -0.2) is 45.0 Å². The number of para-hydroxylation sites is 1. The Morgan fingerprint density at radius 1 is 1.14 bits per heavy atom. The predicted octanol–water partition coefficient (Wildman–Crippen LogP) is 2.81. The van der Waals surface area contributed by atoms with Crippen molar-refractivity contribution in [1.82, 2.24) is 4.90 Å². The Morgan fingerprint density at radius 3 is 2.66 bits per heavy atom. The third-order valence-electron chi connectivity index (χ3n) is 5.22. The molecule has 0 saturated carbocycles. The first kappa shape index (κ1) is 19.6. The van der Waals surface area contributed by atoms with Gasteiger partial charge in [-0.3, -0.25) is 9.52 Å². The minimum absolute atomic E-state index is 0.0674. The van der Waals surface area contributed by atoms with Gasteiger partial charge in [-0.25, -0.2) is 8.42 Å². The third-order valence-corrected chi connectivity index (χ3v) is 6.58. The first-order valence-electron chi connectivity index (χ1n) is 9.81. The van der Waals surface area contributed by atoms with E-state index in [1.165, 1.54) is 12.1 Å². The Hall–Kier alpha value is -2.74. The first-order chi connectivity index (χ1) is 14.0. The van der Waals surface area contributed by atoms with Gasteiger partial charge >= 0.3 is 0 Å². The fraction of sp³-hybridized carbons (Fsp3) is 0.381. The van der Waals surface area contributed by atoms with Gasteiger partial charge in [0.25, 0.3) is 15.9 Å². The summed E-state index contributed by atoms with van der Waals surface area (Å²) in [5.41, 5.74) is 1.47. The molecule has 8 heteroatoms. The molecular weight excluding hydrogens is 392 g/mol. The number of hydrogen-bond acceptors (Lipinski definition) is 5. The van der Waals surface area contributed by atoms with E-state index in [0.717, 1.165) is 31.5 Å². The van der Waals surface area contributed by atoms with Crippen molar-refractivity contribution in [1.29, 1.82) is 0 Å². The lowest BCUT2D eigenvalue weighted by molar-refractivity contribution is -0.140. The lowest BCUT2D eigenvalue weighted by atomic mass is 10.1. The van der Waals surface area contributed by atoms with Crippen LogP contribution in [0.4, 0.5) is 5.69 Å². The topological polar surface area (TPSA) is 84.9 Å². The van der Waals surface area contributed by atoms with Gasteiger partial charge in [-0.2, -0.15) is 0 Å². The van der Waals surface area contributed by atoms with Gasteiger partial charge in [0, 0.05) is 19.2 Å². The van der Waals surface area contributed by atoms with Gasteiger partial charge in [0.2, 0.25) is 6.10 Å². The molecule has 2 aliphatic rings. The maximum atomic E-state index is 12.8. The second-order valence-electron chi connectivity index (χ2n) is 7.17. The van der Waals surface area contributed by atoms with Crippen molar-refractivity contribution in [2.75, 3.05) is 24.4 Å². The second kappa shape index (κ2) is 7.94. The largest absolute Gasteiger partial charge is 0.485 e. The Morgan fingerprint density at radius 2 is 1.90 bits per heavy atom. The Balaban J connectivity index is 1.52. The van der Waals surface area contributed by atoms with Crippen LogP contribution in [0.1, 0.15) is 25.3 Å². The van der Waals surface area contributed by atoms with Crippen molar-refractivity contribution in [3.05, 3.63) is 48.0 Å². The zero-order valence-corrected chi connectivity index (χ0v) is 17.1. The number of anilines is 1. The summed E-state index contributed by atoms with van der Waals surface area (Å²) in [5, 5.41) is 0. The standard InChI is InChI=1S/C21H24N2O5S/c1-2-15-7-3-4-8-17(15)22-29(25,26)16-9-10-18-19(13-16)27-14-20(28-18)21(24)23-11-5-6-12-23/h3-4,7-10,13,20,22H,2,5-6,11-12,14H2,1H3/t20-/m0/s1. The minimum atomic E-state index is -3.78. The quantitative estimate of drug-likeness (QED) is 0.810. The molecular formula is C21H24N2O5S. The molecule has 1 atom stereocenters. The molecule has 1 amide bonds. The van der Waals surface area contributed by atoms with Crippen molar-refractivity contribution in [3.8, 4) is 11.5 Å². The number of hydrogen-bond donors (Lipinski definition) is 1. The van der Waals surface area contributed by atoms with Gasteiger partial charge in [0.1, 0.15) is 6.61 Å². The summed E-state index contributed by atoms with van der Waals surface area (Å²) in [6, 6.07) is 11.7. The van der Waals surface area contributed by atoms with E-state index >= 15 is 0 Å². The fourth-order valence-corrected chi connectivity index (χ4v) is 4.73. The molecule has 0 unspecified atom stereocenters. The highest BCUT2D eigenvalue weighted by atomic mass is 32.2. The van der Waals surface area contributed by atoms with Gasteiger partial charge in [-0.15, -0.1) is 0 Å². The molecule has 4 rings (SSSR count). The lowest BCUT2D eigenvalue weighted by Crippen LogP contribution is -2.45. The molecule has 29 heavy (non-hydrogen) atoms.